The number of nitrogens with zero attached hydrogens (tertiary/aromatic N) is 2. The van der Waals surface area contributed by atoms with Gasteiger partial charge in [0.2, 0.25) is 5.91 Å². The molecule has 1 amide bonds. The Kier molecular flexibility index (Phi) is 4.39. The zero-order chi connectivity index (χ0) is 18.1. The van der Waals surface area contributed by atoms with Crippen LogP contribution in [0, 0.1) is 12.7 Å². The lowest BCUT2D eigenvalue weighted by molar-refractivity contribution is -0.125. The fourth-order valence-corrected chi connectivity index (χ4v) is 4.17. The van der Waals surface area contributed by atoms with Gasteiger partial charge in [-0.15, -0.1) is 0 Å². The standard InChI is InChI=1S/C21H24FN3O/c1-15-14-23-19(13-18(15)16-4-6-17(22)7-5-16)25-11-9-21(10-12-25)8-2-3-20(26)24-21/h4-7,13-14H,2-3,8-12H2,1H3,(H,24,26). The highest BCUT2D eigenvalue weighted by atomic mass is 19.1. The highest BCUT2D eigenvalue weighted by Gasteiger charge is 2.38. The lowest BCUT2D eigenvalue weighted by Crippen LogP contribution is -2.57. The molecule has 0 saturated carbocycles. The molecule has 2 aliphatic rings. The molecule has 2 aromatic rings. The van der Waals surface area contributed by atoms with Crippen LogP contribution in [0.25, 0.3) is 11.1 Å². The molecular weight excluding hydrogens is 329 g/mol. The second kappa shape index (κ2) is 6.71. The third-order valence-electron chi connectivity index (χ3n) is 5.75. The Labute approximate surface area is 153 Å². The maximum Gasteiger partial charge on any atom is 0.220 e. The quantitative estimate of drug-likeness (QED) is 0.892. The highest BCUT2D eigenvalue weighted by Crippen LogP contribution is 2.33. The number of piperidine rings is 2. The van der Waals surface area contributed by atoms with Gasteiger partial charge in [0.05, 0.1) is 0 Å². The minimum Gasteiger partial charge on any atom is -0.356 e. The van der Waals surface area contributed by atoms with Gasteiger partial charge >= 0.3 is 0 Å². The fourth-order valence-electron chi connectivity index (χ4n) is 4.17. The van der Waals surface area contributed by atoms with Crippen molar-refractivity contribution in [3.05, 3.63) is 47.9 Å². The first kappa shape index (κ1) is 17.0. The third kappa shape index (κ3) is 3.30. The number of rotatable bonds is 2. The van der Waals surface area contributed by atoms with Crippen LogP contribution in [-0.2, 0) is 4.79 Å². The average Bonchev–Trinajstić information content (AvgIpc) is 2.64. The van der Waals surface area contributed by atoms with Gasteiger partial charge in [0.15, 0.2) is 0 Å². The van der Waals surface area contributed by atoms with E-state index in [4.69, 9.17) is 0 Å². The summed E-state index contributed by atoms with van der Waals surface area (Å²) in [6, 6.07) is 8.70. The highest BCUT2D eigenvalue weighted by molar-refractivity contribution is 5.77. The van der Waals surface area contributed by atoms with E-state index in [1.54, 1.807) is 0 Å². The predicted molar refractivity (Wildman–Crippen MR) is 101 cm³/mol. The maximum absolute atomic E-state index is 13.2. The van der Waals surface area contributed by atoms with Gasteiger partial charge in [-0.3, -0.25) is 4.79 Å². The van der Waals surface area contributed by atoms with Crippen molar-refractivity contribution in [2.24, 2.45) is 0 Å². The Morgan fingerprint density at radius 2 is 1.88 bits per heavy atom. The van der Waals surface area contributed by atoms with Crippen LogP contribution < -0.4 is 10.2 Å². The van der Waals surface area contributed by atoms with Crippen molar-refractivity contribution < 1.29 is 9.18 Å². The summed E-state index contributed by atoms with van der Waals surface area (Å²) in [5.74, 6) is 0.917. The first-order chi connectivity index (χ1) is 12.5. The molecule has 0 radical (unpaired) electrons. The van der Waals surface area contributed by atoms with E-state index in [9.17, 15) is 9.18 Å². The number of anilines is 1. The van der Waals surface area contributed by atoms with E-state index in [0.29, 0.717) is 6.42 Å². The van der Waals surface area contributed by atoms with E-state index in [0.717, 1.165) is 61.3 Å². The van der Waals surface area contributed by atoms with Crippen molar-refractivity contribution in [3.63, 3.8) is 0 Å². The topological polar surface area (TPSA) is 45.2 Å². The number of aromatic nitrogens is 1. The van der Waals surface area contributed by atoms with Crippen LogP contribution in [-0.4, -0.2) is 29.5 Å². The molecule has 5 heteroatoms. The van der Waals surface area contributed by atoms with E-state index in [1.165, 1.54) is 12.1 Å². The van der Waals surface area contributed by atoms with Crippen molar-refractivity contribution >= 4 is 11.7 Å². The Morgan fingerprint density at radius 1 is 1.15 bits per heavy atom. The van der Waals surface area contributed by atoms with Crippen LogP contribution in [0.5, 0.6) is 0 Å². The summed E-state index contributed by atoms with van der Waals surface area (Å²) < 4.78 is 13.2. The predicted octanol–water partition coefficient (Wildman–Crippen LogP) is 3.84. The summed E-state index contributed by atoms with van der Waals surface area (Å²) in [5, 5.41) is 3.23. The smallest absolute Gasteiger partial charge is 0.220 e. The van der Waals surface area contributed by atoms with Crippen LogP contribution in [0.3, 0.4) is 0 Å². The fraction of sp³-hybridized carbons (Fsp3) is 0.429. The van der Waals surface area contributed by atoms with Gasteiger partial charge in [-0.25, -0.2) is 9.37 Å². The first-order valence-electron chi connectivity index (χ1n) is 9.33. The summed E-state index contributed by atoms with van der Waals surface area (Å²) in [4.78, 5) is 18.7. The maximum atomic E-state index is 13.2. The van der Waals surface area contributed by atoms with Crippen LogP contribution in [0.15, 0.2) is 36.5 Å². The van der Waals surface area contributed by atoms with Crippen molar-refractivity contribution in [2.45, 2.75) is 44.6 Å². The van der Waals surface area contributed by atoms with E-state index in [1.807, 2.05) is 25.3 Å². The lowest BCUT2D eigenvalue weighted by atomic mass is 9.80. The average molecular weight is 353 g/mol. The molecule has 4 nitrogen and oxygen atoms in total. The number of nitrogens with one attached hydrogen (secondary N) is 1. The molecule has 2 aliphatic heterocycles. The second-order valence-corrected chi connectivity index (χ2v) is 7.53. The molecule has 26 heavy (non-hydrogen) atoms. The number of halogens is 1. The largest absolute Gasteiger partial charge is 0.356 e. The van der Waals surface area contributed by atoms with Crippen LogP contribution >= 0.6 is 0 Å². The van der Waals surface area contributed by atoms with Crippen LogP contribution in [0.1, 0.15) is 37.7 Å². The number of pyridine rings is 1. The molecule has 0 bridgehead atoms. The summed E-state index contributed by atoms with van der Waals surface area (Å²) in [6.07, 6.45) is 6.53. The molecule has 1 aromatic carbocycles. The number of aryl methyl sites for hydroxylation is 1. The molecule has 2 fully saturated rings. The zero-order valence-electron chi connectivity index (χ0n) is 15.1. The van der Waals surface area contributed by atoms with E-state index >= 15 is 0 Å². The van der Waals surface area contributed by atoms with E-state index < -0.39 is 0 Å². The third-order valence-corrected chi connectivity index (χ3v) is 5.75. The number of benzene rings is 1. The monoisotopic (exact) mass is 353 g/mol. The van der Waals surface area contributed by atoms with Gasteiger partial charge in [-0.2, -0.15) is 0 Å². The van der Waals surface area contributed by atoms with Gasteiger partial charge in [0.25, 0.3) is 0 Å². The lowest BCUT2D eigenvalue weighted by Gasteiger charge is -2.45. The van der Waals surface area contributed by atoms with Crippen molar-refractivity contribution in [3.8, 4) is 11.1 Å². The zero-order valence-corrected chi connectivity index (χ0v) is 15.1. The Bertz CT molecular complexity index is 811. The molecule has 0 aliphatic carbocycles. The second-order valence-electron chi connectivity index (χ2n) is 7.53. The molecule has 4 rings (SSSR count). The molecule has 0 atom stereocenters. The van der Waals surface area contributed by atoms with E-state index in [-0.39, 0.29) is 17.3 Å². The molecule has 2 saturated heterocycles. The minimum atomic E-state index is -0.225. The molecule has 1 aromatic heterocycles. The normalized spacial score (nSPS) is 19.5. The number of hydrogen-bond donors (Lipinski definition) is 1. The molecule has 0 unspecified atom stereocenters. The van der Waals surface area contributed by atoms with Crippen LogP contribution in [0.4, 0.5) is 10.2 Å². The SMILES string of the molecule is Cc1cnc(N2CCC3(CCCC(=O)N3)CC2)cc1-c1ccc(F)cc1. The van der Waals surface area contributed by atoms with Gasteiger partial charge in [0.1, 0.15) is 11.6 Å². The number of hydrogen-bond acceptors (Lipinski definition) is 3. The molecule has 3 heterocycles. The Hall–Kier alpha value is -2.43. The number of carbonyl (C=O) groups excluding carboxylic acids is 1. The molecule has 136 valence electrons. The van der Waals surface area contributed by atoms with Gasteiger partial charge < -0.3 is 10.2 Å². The van der Waals surface area contributed by atoms with Crippen molar-refractivity contribution in [1.29, 1.82) is 0 Å². The van der Waals surface area contributed by atoms with Crippen molar-refractivity contribution in [1.82, 2.24) is 10.3 Å². The number of carbonyl (C=O) groups is 1. The van der Waals surface area contributed by atoms with Gasteiger partial charge in [0, 0.05) is 31.2 Å². The Morgan fingerprint density at radius 3 is 2.58 bits per heavy atom. The molecule has 1 spiro atoms. The van der Waals surface area contributed by atoms with Gasteiger partial charge in [-0.05, 0) is 67.5 Å². The van der Waals surface area contributed by atoms with E-state index in [2.05, 4.69) is 21.3 Å². The Balaban J connectivity index is 1.53. The summed E-state index contributed by atoms with van der Waals surface area (Å²) in [5.41, 5.74) is 3.14. The molecule has 1 N–H and O–H groups in total. The molecular formula is C21H24FN3O. The number of amides is 1. The first-order valence-corrected chi connectivity index (χ1v) is 9.33. The summed E-state index contributed by atoms with van der Waals surface area (Å²) >= 11 is 0. The summed E-state index contributed by atoms with van der Waals surface area (Å²) in [6.45, 7) is 3.80. The minimum absolute atomic E-state index is 0.0175. The van der Waals surface area contributed by atoms with Crippen molar-refractivity contribution in [2.75, 3.05) is 18.0 Å². The summed E-state index contributed by atoms with van der Waals surface area (Å²) in [7, 11) is 0. The van der Waals surface area contributed by atoms with Crippen LogP contribution in [0.2, 0.25) is 0 Å². The van der Waals surface area contributed by atoms with Gasteiger partial charge in [-0.1, -0.05) is 12.1 Å².